The van der Waals surface area contributed by atoms with Crippen molar-refractivity contribution in [1.82, 2.24) is 9.88 Å². The largest absolute Gasteiger partial charge is 0.466 e. The van der Waals surface area contributed by atoms with Crippen LogP contribution in [0.25, 0.3) is 0 Å². The molecule has 1 aliphatic heterocycles. The summed E-state index contributed by atoms with van der Waals surface area (Å²) in [5.74, 6) is 2.75. The van der Waals surface area contributed by atoms with E-state index in [0.29, 0.717) is 31.0 Å². The lowest BCUT2D eigenvalue weighted by Crippen LogP contribution is -2.29. The summed E-state index contributed by atoms with van der Waals surface area (Å²) < 4.78 is 11.5. The highest BCUT2D eigenvalue weighted by Gasteiger charge is 2.38. The molecule has 2 fully saturated rings. The van der Waals surface area contributed by atoms with Gasteiger partial charge in [-0.15, -0.1) is 0 Å². The first-order valence-corrected chi connectivity index (χ1v) is 9.47. The van der Waals surface area contributed by atoms with Gasteiger partial charge in [-0.05, 0) is 50.8 Å². The average Bonchev–Trinajstić information content (AvgIpc) is 3.26. The number of aromatic nitrogens is 1. The molecule has 138 valence electrons. The van der Waals surface area contributed by atoms with Crippen molar-refractivity contribution >= 4 is 5.91 Å². The van der Waals surface area contributed by atoms with Gasteiger partial charge in [0.25, 0.3) is 5.91 Å². The molecule has 2 aromatic rings. The van der Waals surface area contributed by atoms with Crippen LogP contribution in [0.15, 0.2) is 34.9 Å². The molecule has 1 amide bonds. The van der Waals surface area contributed by atoms with Gasteiger partial charge in [0.1, 0.15) is 11.5 Å². The number of carbonyl (C=O) groups is 1. The first-order chi connectivity index (χ1) is 12.6. The molecule has 2 aliphatic rings. The quantitative estimate of drug-likeness (QED) is 0.796. The maximum absolute atomic E-state index is 13.0. The topological polar surface area (TPSA) is 55.6 Å². The first kappa shape index (κ1) is 17.3. The summed E-state index contributed by atoms with van der Waals surface area (Å²) in [6.07, 6.45) is 4.40. The third kappa shape index (κ3) is 3.68. The molecular weight excluding hydrogens is 328 g/mol. The Bertz CT molecular complexity index is 767. The number of furan rings is 1. The van der Waals surface area contributed by atoms with Crippen LogP contribution in [0.1, 0.15) is 46.3 Å². The van der Waals surface area contributed by atoms with Crippen LogP contribution in [-0.4, -0.2) is 42.1 Å². The molecule has 3 heterocycles. The van der Waals surface area contributed by atoms with E-state index in [1.165, 1.54) is 12.8 Å². The Morgan fingerprint density at radius 1 is 1.27 bits per heavy atom. The standard InChI is InChI=1S/C21H26N2O3/c1-14-9-18(15(2)26-14)21(24)23-10-17(13-25-12-16-6-7-16)19(11-23)20-5-3-4-8-22-20/h3-5,8-9,16-17,19H,6-7,10-13H2,1-2H3/t17-,19+/m0/s1. The van der Waals surface area contributed by atoms with E-state index in [4.69, 9.17) is 9.15 Å². The van der Waals surface area contributed by atoms with Crippen molar-refractivity contribution in [1.29, 1.82) is 0 Å². The van der Waals surface area contributed by atoms with Crippen LogP contribution in [0.4, 0.5) is 0 Å². The van der Waals surface area contributed by atoms with E-state index in [2.05, 4.69) is 11.1 Å². The highest BCUT2D eigenvalue weighted by atomic mass is 16.5. The summed E-state index contributed by atoms with van der Waals surface area (Å²) >= 11 is 0. The molecule has 5 nitrogen and oxygen atoms in total. The lowest BCUT2D eigenvalue weighted by atomic mass is 9.93. The number of ether oxygens (including phenoxy) is 1. The van der Waals surface area contributed by atoms with Crippen molar-refractivity contribution in [2.24, 2.45) is 11.8 Å². The molecule has 0 aromatic carbocycles. The van der Waals surface area contributed by atoms with E-state index < -0.39 is 0 Å². The van der Waals surface area contributed by atoms with E-state index in [-0.39, 0.29) is 17.7 Å². The highest BCUT2D eigenvalue weighted by Crippen LogP contribution is 2.34. The SMILES string of the molecule is Cc1cc(C(=O)N2C[C@@H](COCC3CC3)[C@H](c3ccccn3)C2)c(C)o1. The minimum atomic E-state index is 0.0463. The third-order valence-corrected chi connectivity index (χ3v) is 5.45. The zero-order valence-corrected chi connectivity index (χ0v) is 15.5. The summed E-state index contributed by atoms with van der Waals surface area (Å²) in [5, 5.41) is 0. The number of rotatable bonds is 6. The van der Waals surface area contributed by atoms with Crippen molar-refractivity contribution in [2.75, 3.05) is 26.3 Å². The van der Waals surface area contributed by atoms with Gasteiger partial charge in [-0.25, -0.2) is 0 Å². The van der Waals surface area contributed by atoms with Crippen LogP contribution in [0.2, 0.25) is 0 Å². The Morgan fingerprint density at radius 2 is 2.12 bits per heavy atom. The third-order valence-electron chi connectivity index (χ3n) is 5.45. The number of likely N-dealkylation sites (tertiary alicyclic amines) is 1. The van der Waals surface area contributed by atoms with Crippen LogP contribution in [0, 0.1) is 25.7 Å². The predicted molar refractivity (Wildman–Crippen MR) is 98.1 cm³/mol. The van der Waals surface area contributed by atoms with Crippen LogP contribution >= 0.6 is 0 Å². The normalized spacial score (nSPS) is 22.8. The van der Waals surface area contributed by atoms with Crippen LogP contribution in [-0.2, 0) is 4.74 Å². The van der Waals surface area contributed by atoms with Crippen molar-refractivity contribution in [2.45, 2.75) is 32.6 Å². The molecule has 0 bridgehead atoms. The molecule has 0 spiro atoms. The predicted octanol–water partition coefficient (Wildman–Crippen LogP) is 3.57. The van der Waals surface area contributed by atoms with Gasteiger partial charge in [-0.2, -0.15) is 0 Å². The number of amides is 1. The lowest BCUT2D eigenvalue weighted by Gasteiger charge is -2.17. The molecule has 0 radical (unpaired) electrons. The van der Waals surface area contributed by atoms with Crippen molar-refractivity contribution in [3.05, 3.63) is 53.2 Å². The second-order valence-electron chi connectivity index (χ2n) is 7.64. The molecule has 2 aromatic heterocycles. The van der Waals surface area contributed by atoms with Gasteiger partial charge in [0, 0.05) is 43.4 Å². The molecule has 4 rings (SSSR count). The number of hydrogen-bond acceptors (Lipinski definition) is 4. The summed E-state index contributed by atoms with van der Waals surface area (Å²) in [4.78, 5) is 19.5. The van der Waals surface area contributed by atoms with Gasteiger partial charge < -0.3 is 14.1 Å². The second kappa shape index (κ2) is 7.23. The van der Waals surface area contributed by atoms with Crippen molar-refractivity contribution in [3.8, 4) is 0 Å². The van der Waals surface area contributed by atoms with Gasteiger partial charge in [-0.3, -0.25) is 9.78 Å². The molecule has 1 saturated carbocycles. The van der Waals surface area contributed by atoms with E-state index >= 15 is 0 Å². The van der Waals surface area contributed by atoms with E-state index in [1.54, 1.807) is 0 Å². The summed E-state index contributed by atoms with van der Waals surface area (Å²) in [5.41, 5.74) is 1.71. The molecule has 1 aliphatic carbocycles. The number of pyridine rings is 1. The Labute approximate surface area is 154 Å². The fourth-order valence-electron chi connectivity index (χ4n) is 3.82. The summed E-state index contributed by atoms with van der Waals surface area (Å²) in [7, 11) is 0. The van der Waals surface area contributed by atoms with E-state index in [1.807, 2.05) is 43.1 Å². The van der Waals surface area contributed by atoms with Gasteiger partial charge in [0.2, 0.25) is 0 Å². The zero-order valence-electron chi connectivity index (χ0n) is 15.5. The maximum atomic E-state index is 13.0. The highest BCUT2D eigenvalue weighted by molar-refractivity contribution is 5.95. The molecular formula is C21H26N2O3. The second-order valence-corrected chi connectivity index (χ2v) is 7.64. The smallest absolute Gasteiger partial charge is 0.257 e. The first-order valence-electron chi connectivity index (χ1n) is 9.47. The van der Waals surface area contributed by atoms with Crippen molar-refractivity contribution in [3.63, 3.8) is 0 Å². The molecule has 26 heavy (non-hydrogen) atoms. The fraction of sp³-hybridized carbons (Fsp3) is 0.524. The molecule has 0 N–H and O–H groups in total. The summed E-state index contributed by atoms with van der Waals surface area (Å²) in [6.45, 7) is 6.64. The van der Waals surface area contributed by atoms with Crippen LogP contribution in [0.5, 0.6) is 0 Å². The van der Waals surface area contributed by atoms with Gasteiger partial charge >= 0.3 is 0 Å². The molecule has 0 unspecified atom stereocenters. The molecule has 2 atom stereocenters. The number of nitrogens with zero attached hydrogens (tertiary/aromatic N) is 2. The van der Waals surface area contributed by atoms with Crippen molar-refractivity contribution < 1.29 is 13.9 Å². The van der Waals surface area contributed by atoms with Gasteiger partial charge in [0.15, 0.2) is 0 Å². The van der Waals surface area contributed by atoms with Gasteiger partial charge in [-0.1, -0.05) is 6.07 Å². The zero-order chi connectivity index (χ0) is 18.1. The number of carbonyl (C=O) groups excluding carboxylic acids is 1. The molecule has 5 heteroatoms. The summed E-state index contributed by atoms with van der Waals surface area (Å²) in [6, 6.07) is 7.83. The monoisotopic (exact) mass is 354 g/mol. The Kier molecular flexibility index (Phi) is 4.81. The van der Waals surface area contributed by atoms with E-state index in [0.717, 1.165) is 24.0 Å². The lowest BCUT2D eigenvalue weighted by molar-refractivity contribution is 0.0738. The van der Waals surface area contributed by atoms with Crippen LogP contribution < -0.4 is 0 Å². The maximum Gasteiger partial charge on any atom is 0.257 e. The number of hydrogen-bond donors (Lipinski definition) is 0. The minimum Gasteiger partial charge on any atom is -0.466 e. The van der Waals surface area contributed by atoms with Crippen LogP contribution in [0.3, 0.4) is 0 Å². The Hall–Kier alpha value is -2.14. The Morgan fingerprint density at radius 3 is 2.77 bits per heavy atom. The fourth-order valence-corrected chi connectivity index (χ4v) is 3.82. The Balaban J connectivity index is 1.49. The molecule has 1 saturated heterocycles. The average molecular weight is 354 g/mol. The number of aryl methyl sites for hydroxylation is 2. The minimum absolute atomic E-state index is 0.0463. The van der Waals surface area contributed by atoms with E-state index in [9.17, 15) is 4.79 Å². The van der Waals surface area contributed by atoms with Gasteiger partial charge in [0.05, 0.1) is 12.2 Å².